The number of nitrogens with zero attached hydrogens (tertiary/aromatic N) is 1. The highest BCUT2D eigenvalue weighted by atomic mass is 32.1. The third-order valence-electron chi connectivity index (χ3n) is 2.98. The van der Waals surface area contributed by atoms with E-state index in [0.717, 1.165) is 28.4 Å². The Morgan fingerprint density at radius 3 is 2.63 bits per heavy atom. The number of rotatable bonds is 6. The van der Waals surface area contributed by atoms with E-state index in [9.17, 15) is 9.90 Å². The second kappa shape index (κ2) is 6.86. The summed E-state index contributed by atoms with van der Waals surface area (Å²) >= 11 is 1.59. The van der Waals surface area contributed by atoms with Crippen LogP contribution in [-0.2, 0) is 6.54 Å². The number of carbonyl (C=O) groups is 1. The van der Waals surface area contributed by atoms with Crippen LogP contribution in [0.4, 0.5) is 4.79 Å². The number of urea groups is 1. The van der Waals surface area contributed by atoms with Gasteiger partial charge >= 0.3 is 6.03 Å². The first-order valence-electron chi connectivity index (χ1n) is 6.50. The fourth-order valence-electron chi connectivity index (χ4n) is 1.95. The van der Waals surface area contributed by atoms with Gasteiger partial charge in [-0.3, -0.25) is 0 Å². The van der Waals surface area contributed by atoms with Crippen LogP contribution < -0.4 is 10.6 Å². The fraction of sp³-hybridized carbons (Fsp3) is 0.692. The molecule has 0 aromatic carbocycles. The number of amides is 2. The lowest BCUT2D eigenvalue weighted by atomic mass is 9.98. The van der Waals surface area contributed by atoms with E-state index < -0.39 is 5.54 Å². The molecular formula is C13H23N3O2S. The lowest BCUT2D eigenvalue weighted by molar-refractivity contribution is 0.163. The van der Waals surface area contributed by atoms with Gasteiger partial charge in [0.15, 0.2) is 0 Å². The predicted octanol–water partition coefficient (Wildman–Crippen LogP) is 2.11. The van der Waals surface area contributed by atoms with Gasteiger partial charge in [0.1, 0.15) is 0 Å². The minimum absolute atomic E-state index is 0.0625. The van der Waals surface area contributed by atoms with Crippen LogP contribution in [0.1, 0.15) is 42.3 Å². The molecule has 1 rings (SSSR count). The zero-order valence-electron chi connectivity index (χ0n) is 12.0. The zero-order valence-corrected chi connectivity index (χ0v) is 12.9. The lowest BCUT2D eigenvalue weighted by Crippen LogP contribution is -2.52. The summed E-state index contributed by atoms with van der Waals surface area (Å²) in [4.78, 5) is 17.2. The van der Waals surface area contributed by atoms with E-state index in [1.54, 1.807) is 11.3 Å². The molecular weight excluding hydrogens is 262 g/mol. The van der Waals surface area contributed by atoms with E-state index >= 15 is 0 Å². The quantitative estimate of drug-likeness (QED) is 0.749. The summed E-state index contributed by atoms with van der Waals surface area (Å²) in [6.45, 7) is 8.16. The van der Waals surface area contributed by atoms with Crippen LogP contribution in [-0.4, -0.2) is 28.3 Å². The Kier molecular flexibility index (Phi) is 5.75. The molecule has 1 heterocycles. The van der Waals surface area contributed by atoms with Crippen LogP contribution in [0.3, 0.4) is 0 Å². The molecule has 0 aliphatic carbocycles. The average Bonchev–Trinajstić information content (AvgIpc) is 2.65. The molecule has 0 saturated carbocycles. The zero-order chi connectivity index (χ0) is 14.5. The van der Waals surface area contributed by atoms with Gasteiger partial charge in [0.25, 0.3) is 0 Å². The van der Waals surface area contributed by atoms with Gasteiger partial charge < -0.3 is 15.7 Å². The largest absolute Gasteiger partial charge is 0.394 e. The molecule has 0 saturated heterocycles. The molecule has 0 aliphatic heterocycles. The SMILES string of the molecule is CCCC(C)(CO)NC(=O)NCc1sc(C)nc1C. The normalized spacial score (nSPS) is 13.9. The maximum Gasteiger partial charge on any atom is 0.315 e. The van der Waals surface area contributed by atoms with Crippen molar-refractivity contribution in [3.05, 3.63) is 15.6 Å². The van der Waals surface area contributed by atoms with Crippen molar-refractivity contribution in [2.75, 3.05) is 6.61 Å². The van der Waals surface area contributed by atoms with E-state index in [4.69, 9.17) is 0 Å². The maximum absolute atomic E-state index is 11.8. The van der Waals surface area contributed by atoms with Crippen LogP contribution in [0.2, 0.25) is 0 Å². The number of aryl methyl sites for hydroxylation is 2. The van der Waals surface area contributed by atoms with Gasteiger partial charge in [0, 0.05) is 4.88 Å². The molecule has 1 aromatic heterocycles. The second-order valence-corrected chi connectivity index (χ2v) is 6.31. The third-order valence-corrected chi connectivity index (χ3v) is 4.05. The van der Waals surface area contributed by atoms with Crippen LogP contribution in [0.25, 0.3) is 0 Å². The van der Waals surface area contributed by atoms with Gasteiger partial charge in [0.05, 0.1) is 29.4 Å². The number of carbonyl (C=O) groups excluding carboxylic acids is 1. The Morgan fingerprint density at radius 1 is 1.47 bits per heavy atom. The Labute approximate surface area is 118 Å². The van der Waals surface area contributed by atoms with Gasteiger partial charge in [-0.15, -0.1) is 11.3 Å². The summed E-state index contributed by atoms with van der Waals surface area (Å²) in [5.41, 5.74) is 0.401. The molecule has 1 aromatic rings. The molecule has 2 amide bonds. The van der Waals surface area contributed by atoms with Crippen molar-refractivity contribution in [1.82, 2.24) is 15.6 Å². The molecule has 108 valence electrons. The van der Waals surface area contributed by atoms with E-state index in [1.807, 2.05) is 27.7 Å². The standard InChI is InChI=1S/C13H23N3O2S/c1-5-6-13(4,8-17)16-12(18)14-7-11-9(2)15-10(3)19-11/h17H,5-8H2,1-4H3,(H2,14,16,18). The second-order valence-electron chi connectivity index (χ2n) is 5.02. The molecule has 0 spiro atoms. The van der Waals surface area contributed by atoms with Gasteiger partial charge in [-0.2, -0.15) is 0 Å². The lowest BCUT2D eigenvalue weighted by Gasteiger charge is -2.28. The van der Waals surface area contributed by atoms with Crippen LogP contribution in [0.15, 0.2) is 0 Å². The van der Waals surface area contributed by atoms with Crippen LogP contribution in [0.5, 0.6) is 0 Å². The Balaban J connectivity index is 2.49. The summed E-state index contributed by atoms with van der Waals surface area (Å²) in [6.07, 6.45) is 1.65. The fourth-order valence-corrected chi connectivity index (χ4v) is 2.83. The molecule has 1 atom stereocenters. The number of aromatic nitrogens is 1. The maximum atomic E-state index is 11.8. The van der Waals surface area contributed by atoms with Crippen molar-refractivity contribution in [2.24, 2.45) is 0 Å². The van der Waals surface area contributed by atoms with E-state index in [-0.39, 0.29) is 12.6 Å². The Morgan fingerprint density at radius 2 is 2.16 bits per heavy atom. The first-order chi connectivity index (χ1) is 8.90. The van der Waals surface area contributed by atoms with Crippen LogP contribution in [0, 0.1) is 13.8 Å². The molecule has 1 unspecified atom stereocenters. The molecule has 5 nitrogen and oxygen atoms in total. The molecule has 6 heteroatoms. The van der Waals surface area contributed by atoms with Crippen molar-refractivity contribution in [1.29, 1.82) is 0 Å². The summed E-state index contributed by atoms with van der Waals surface area (Å²) < 4.78 is 0. The minimum Gasteiger partial charge on any atom is -0.394 e. The minimum atomic E-state index is -0.558. The van der Waals surface area contributed by atoms with E-state index in [1.165, 1.54) is 0 Å². The van der Waals surface area contributed by atoms with Gasteiger partial charge in [-0.1, -0.05) is 13.3 Å². The highest BCUT2D eigenvalue weighted by Crippen LogP contribution is 2.16. The topological polar surface area (TPSA) is 74.2 Å². The van der Waals surface area contributed by atoms with Crippen molar-refractivity contribution in [2.45, 2.75) is 52.6 Å². The van der Waals surface area contributed by atoms with Gasteiger partial charge in [-0.05, 0) is 27.2 Å². The number of nitrogens with one attached hydrogen (secondary N) is 2. The van der Waals surface area contributed by atoms with Crippen molar-refractivity contribution >= 4 is 17.4 Å². The van der Waals surface area contributed by atoms with E-state index in [2.05, 4.69) is 15.6 Å². The summed E-state index contributed by atoms with van der Waals surface area (Å²) in [5.74, 6) is 0. The number of thiazole rings is 1. The summed E-state index contributed by atoms with van der Waals surface area (Å²) in [7, 11) is 0. The summed E-state index contributed by atoms with van der Waals surface area (Å²) in [6, 6.07) is -0.254. The van der Waals surface area contributed by atoms with Crippen molar-refractivity contribution in [3.8, 4) is 0 Å². The number of aliphatic hydroxyl groups is 1. The predicted molar refractivity (Wildman–Crippen MR) is 77.4 cm³/mol. The number of hydrogen-bond acceptors (Lipinski definition) is 4. The molecule has 0 fully saturated rings. The Hall–Kier alpha value is -1.14. The molecule has 0 bridgehead atoms. The molecule has 19 heavy (non-hydrogen) atoms. The molecule has 3 N–H and O–H groups in total. The first-order valence-corrected chi connectivity index (χ1v) is 7.31. The third kappa shape index (κ3) is 4.80. The number of hydrogen-bond donors (Lipinski definition) is 3. The van der Waals surface area contributed by atoms with Crippen LogP contribution >= 0.6 is 11.3 Å². The number of aliphatic hydroxyl groups excluding tert-OH is 1. The molecule has 0 radical (unpaired) electrons. The highest BCUT2D eigenvalue weighted by Gasteiger charge is 2.24. The first kappa shape index (κ1) is 15.9. The van der Waals surface area contributed by atoms with E-state index in [0.29, 0.717) is 6.54 Å². The average molecular weight is 285 g/mol. The van der Waals surface area contributed by atoms with Gasteiger partial charge in [-0.25, -0.2) is 9.78 Å². The smallest absolute Gasteiger partial charge is 0.315 e. The van der Waals surface area contributed by atoms with Gasteiger partial charge in [0.2, 0.25) is 0 Å². The monoisotopic (exact) mass is 285 g/mol. The van der Waals surface area contributed by atoms with Crippen molar-refractivity contribution < 1.29 is 9.90 Å². The Bertz CT molecular complexity index is 434. The molecule has 0 aliphatic rings. The summed E-state index contributed by atoms with van der Waals surface area (Å²) in [5, 5.41) is 16.0. The van der Waals surface area contributed by atoms with Crippen molar-refractivity contribution in [3.63, 3.8) is 0 Å². The highest BCUT2D eigenvalue weighted by molar-refractivity contribution is 7.11.